The molecule has 0 aromatic rings. The summed E-state index contributed by atoms with van der Waals surface area (Å²) in [5.41, 5.74) is 0. The molecule has 2 aliphatic rings. The van der Waals surface area contributed by atoms with Gasteiger partial charge in [-0.3, -0.25) is 0 Å². The summed E-state index contributed by atoms with van der Waals surface area (Å²) in [5, 5.41) is 0. The van der Waals surface area contributed by atoms with E-state index in [0.717, 1.165) is 11.8 Å². The highest BCUT2D eigenvalue weighted by atomic mass is 16.5. The first kappa shape index (κ1) is 10.7. The van der Waals surface area contributed by atoms with Crippen LogP contribution in [0.3, 0.4) is 0 Å². The highest BCUT2D eigenvalue weighted by Gasteiger charge is 2.34. The van der Waals surface area contributed by atoms with Gasteiger partial charge in [0, 0.05) is 6.08 Å². The average Bonchev–Trinajstić information content (AvgIpc) is 2.68. The lowest BCUT2D eigenvalue weighted by Gasteiger charge is -2.24. The zero-order chi connectivity index (χ0) is 10.7. The Morgan fingerprint density at radius 3 is 2.33 bits per heavy atom. The predicted molar refractivity (Wildman–Crippen MR) is 59.3 cm³/mol. The number of methoxy groups -OCH3 is 1. The number of hydrogen-bond donors (Lipinski definition) is 0. The van der Waals surface area contributed by atoms with E-state index in [1.54, 1.807) is 6.08 Å². The van der Waals surface area contributed by atoms with E-state index in [2.05, 4.69) is 10.8 Å². The second-order valence-corrected chi connectivity index (χ2v) is 4.92. The molecule has 2 atom stereocenters. The van der Waals surface area contributed by atoms with E-state index in [0.29, 0.717) is 5.92 Å². The minimum atomic E-state index is -0.218. The maximum absolute atomic E-state index is 11.0. The molecule has 0 bridgehead atoms. The van der Waals surface area contributed by atoms with Gasteiger partial charge >= 0.3 is 5.97 Å². The first-order valence-electron chi connectivity index (χ1n) is 6.05. The highest BCUT2D eigenvalue weighted by molar-refractivity contribution is 5.81. The first-order chi connectivity index (χ1) is 7.29. The Morgan fingerprint density at radius 2 is 1.80 bits per heavy atom. The van der Waals surface area contributed by atoms with Crippen LogP contribution in [-0.4, -0.2) is 13.1 Å². The highest BCUT2D eigenvalue weighted by Crippen LogP contribution is 2.45. The normalized spacial score (nSPS) is 35.4. The van der Waals surface area contributed by atoms with Gasteiger partial charge in [0.1, 0.15) is 0 Å². The predicted octanol–water partition coefficient (Wildman–Crippen LogP) is 2.93. The molecule has 0 saturated heterocycles. The first-order valence-corrected chi connectivity index (χ1v) is 6.05. The van der Waals surface area contributed by atoms with Crippen molar-refractivity contribution in [2.24, 2.45) is 17.8 Å². The number of esters is 1. The molecule has 15 heavy (non-hydrogen) atoms. The number of carbonyl (C=O) groups excluding carboxylic acids is 1. The number of fused-ring (bicyclic) bond motifs is 1. The lowest BCUT2D eigenvalue weighted by molar-refractivity contribution is -0.134. The van der Waals surface area contributed by atoms with Crippen LogP contribution in [0.1, 0.15) is 38.5 Å². The molecule has 0 aromatic carbocycles. The standard InChI is InChI=1S/C13H20O2/c1-15-13(14)7-6-10-8-11-4-2-3-5-12(11)9-10/h6-7,10-12H,2-5,8-9H2,1H3/b7-6+. The van der Waals surface area contributed by atoms with E-state index in [9.17, 15) is 4.79 Å². The van der Waals surface area contributed by atoms with Crippen LogP contribution in [0.2, 0.25) is 0 Å². The Balaban J connectivity index is 1.86. The van der Waals surface area contributed by atoms with Gasteiger partial charge in [-0.2, -0.15) is 0 Å². The number of ether oxygens (including phenoxy) is 1. The van der Waals surface area contributed by atoms with Crippen LogP contribution in [0.25, 0.3) is 0 Å². The van der Waals surface area contributed by atoms with Gasteiger partial charge in [0.05, 0.1) is 7.11 Å². The molecule has 0 spiro atoms. The Morgan fingerprint density at radius 1 is 1.20 bits per heavy atom. The Bertz CT molecular complexity index is 243. The second-order valence-electron chi connectivity index (χ2n) is 4.92. The van der Waals surface area contributed by atoms with E-state index in [1.165, 1.54) is 45.6 Å². The molecule has 0 heterocycles. The zero-order valence-corrected chi connectivity index (χ0v) is 9.45. The fourth-order valence-corrected chi connectivity index (χ4v) is 3.22. The number of rotatable bonds is 2. The van der Waals surface area contributed by atoms with Gasteiger partial charge in [-0.25, -0.2) is 4.79 Å². The molecular formula is C13H20O2. The van der Waals surface area contributed by atoms with Crippen molar-refractivity contribution >= 4 is 5.97 Å². The molecule has 0 radical (unpaired) electrons. The summed E-state index contributed by atoms with van der Waals surface area (Å²) in [6, 6.07) is 0. The molecule has 2 fully saturated rings. The molecule has 2 heteroatoms. The van der Waals surface area contributed by atoms with E-state index in [4.69, 9.17) is 0 Å². The van der Waals surface area contributed by atoms with E-state index >= 15 is 0 Å². The van der Waals surface area contributed by atoms with Crippen LogP contribution in [0.4, 0.5) is 0 Å². The van der Waals surface area contributed by atoms with Crippen LogP contribution < -0.4 is 0 Å². The summed E-state index contributed by atoms with van der Waals surface area (Å²) in [6.45, 7) is 0. The Hall–Kier alpha value is -0.790. The molecule has 2 saturated carbocycles. The zero-order valence-electron chi connectivity index (χ0n) is 9.45. The van der Waals surface area contributed by atoms with Crippen molar-refractivity contribution in [3.05, 3.63) is 12.2 Å². The molecule has 2 unspecified atom stereocenters. The largest absolute Gasteiger partial charge is 0.466 e. The molecule has 0 amide bonds. The van der Waals surface area contributed by atoms with Crippen molar-refractivity contribution in [1.29, 1.82) is 0 Å². The molecule has 0 N–H and O–H groups in total. The van der Waals surface area contributed by atoms with Crippen LogP contribution in [0.5, 0.6) is 0 Å². The van der Waals surface area contributed by atoms with Crippen molar-refractivity contribution < 1.29 is 9.53 Å². The number of hydrogen-bond acceptors (Lipinski definition) is 2. The molecule has 84 valence electrons. The maximum Gasteiger partial charge on any atom is 0.330 e. The van der Waals surface area contributed by atoms with Gasteiger partial charge in [0.25, 0.3) is 0 Å². The van der Waals surface area contributed by atoms with Gasteiger partial charge in [0.2, 0.25) is 0 Å². The van der Waals surface area contributed by atoms with Crippen molar-refractivity contribution in [3.8, 4) is 0 Å². The summed E-state index contributed by atoms with van der Waals surface area (Å²) in [6.07, 6.45) is 11.9. The van der Waals surface area contributed by atoms with Gasteiger partial charge in [-0.15, -0.1) is 0 Å². The summed E-state index contributed by atoms with van der Waals surface area (Å²) >= 11 is 0. The van der Waals surface area contributed by atoms with Gasteiger partial charge < -0.3 is 4.74 Å². The van der Waals surface area contributed by atoms with Crippen LogP contribution in [0, 0.1) is 17.8 Å². The maximum atomic E-state index is 11.0. The molecule has 0 aromatic heterocycles. The minimum absolute atomic E-state index is 0.218. The molecule has 0 aliphatic heterocycles. The van der Waals surface area contributed by atoms with Crippen LogP contribution in [0.15, 0.2) is 12.2 Å². The monoisotopic (exact) mass is 208 g/mol. The quantitative estimate of drug-likeness (QED) is 0.515. The van der Waals surface area contributed by atoms with Crippen LogP contribution in [-0.2, 0) is 9.53 Å². The van der Waals surface area contributed by atoms with Gasteiger partial charge in [-0.05, 0) is 30.6 Å². The summed E-state index contributed by atoms with van der Waals surface area (Å²) < 4.78 is 4.60. The third-order valence-electron chi connectivity index (χ3n) is 3.98. The summed E-state index contributed by atoms with van der Waals surface area (Å²) in [4.78, 5) is 11.0. The molecule has 2 nitrogen and oxygen atoms in total. The van der Waals surface area contributed by atoms with Crippen molar-refractivity contribution in [3.63, 3.8) is 0 Å². The van der Waals surface area contributed by atoms with E-state index in [1.807, 2.05) is 0 Å². The number of carbonyl (C=O) groups is 1. The SMILES string of the molecule is COC(=O)/C=C/C1CC2CCCCC2C1. The molecular weight excluding hydrogens is 188 g/mol. The smallest absolute Gasteiger partial charge is 0.330 e. The minimum Gasteiger partial charge on any atom is -0.466 e. The third-order valence-corrected chi connectivity index (χ3v) is 3.98. The van der Waals surface area contributed by atoms with Crippen molar-refractivity contribution in [2.45, 2.75) is 38.5 Å². The average molecular weight is 208 g/mol. The summed E-state index contributed by atoms with van der Waals surface area (Å²) in [5.74, 6) is 2.28. The molecule has 2 aliphatic carbocycles. The fraction of sp³-hybridized carbons (Fsp3) is 0.769. The lowest BCUT2D eigenvalue weighted by atomic mass is 9.82. The topological polar surface area (TPSA) is 26.3 Å². The lowest BCUT2D eigenvalue weighted by Crippen LogP contribution is -2.12. The Labute approximate surface area is 91.7 Å². The Kier molecular flexibility index (Phi) is 3.45. The third kappa shape index (κ3) is 2.61. The van der Waals surface area contributed by atoms with Crippen molar-refractivity contribution in [2.75, 3.05) is 7.11 Å². The number of allylic oxidation sites excluding steroid dienone is 1. The fourth-order valence-electron chi connectivity index (χ4n) is 3.22. The summed E-state index contributed by atoms with van der Waals surface area (Å²) in [7, 11) is 1.43. The molecule has 2 rings (SSSR count). The van der Waals surface area contributed by atoms with E-state index in [-0.39, 0.29) is 5.97 Å². The van der Waals surface area contributed by atoms with Crippen molar-refractivity contribution in [1.82, 2.24) is 0 Å². The van der Waals surface area contributed by atoms with Crippen LogP contribution >= 0.6 is 0 Å². The van der Waals surface area contributed by atoms with Gasteiger partial charge in [-0.1, -0.05) is 31.8 Å². The van der Waals surface area contributed by atoms with E-state index < -0.39 is 0 Å². The second kappa shape index (κ2) is 4.82. The van der Waals surface area contributed by atoms with Gasteiger partial charge in [0.15, 0.2) is 0 Å².